The van der Waals surface area contributed by atoms with Crippen LogP contribution in [0.1, 0.15) is 42.4 Å². The van der Waals surface area contributed by atoms with Crippen molar-refractivity contribution in [1.29, 1.82) is 0 Å². The third-order valence-electron chi connectivity index (χ3n) is 7.71. The molecule has 0 spiro atoms. The molecule has 1 aliphatic heterocycles. The smallest absolute Gasteiger partial charge is 0.184 e. The van der Waals surface area contributed by atoms with Crippen molar-refractivity contribution in [3.8, 4) is 0 Å². The Labute approximate surface area is 249 Å². The van der Waals surface area contributed by atoms with Crippen molar-refractivity contribution in [2.75, 3.05) is 26.4 Å². The van der Waals surface area contributed by atoms with Crippen LogP contribution >= 0.6 is 0 Å². The number of H-pyrrole nitrogens is 1. The Morgan fingerprint density at radius 1 is 0.738 bits per heavy atom. The molecule has 0 radical (unpaired) electrons. The number of hydrogen-bond donors (Lipinski definition) is 2. The van der Waals surface area contributed by atoms with Gasteiger partial charge in [-0.3, -0.25) is 0 Å². The van der Waals surface area contributed by atoms with Crippen LogP contribution in [-0.4, -0.2) is 56.0 Å². The average molecular weight is 573 g/mol. The molecule has 224 valence electrons. The van der Waals surface area contributed by atoms with Gasteiger partial charge in [0.15, 0.2) is 6.29 Å². The summed E-state index contributed by atoms with van der Waals surface area (Å²) in [7, 11) is 0. The number of unbranched alkanes of at least 4 members (excludes halogenated alkanes) is 2. The summed E-state index contributed by atoms with van der Waals surface area (Å²) in [5.74, 6) is 0. The van der Waals surface area contributed by atoms with Crippen LogP contribution in [0.5, 0.6) is 0 Å². The lowest BCUT2D eigenvalue weighted by molar-refractivity contribution is -0.289. The summed E-state index contributed by atoms with van der Waals surface area (Å²) in [6.07, 6.45) is 5.27. The van der Waals surface area contributed by atoms with E-state index in [9.17, 15) is 0 Å². The van der Waals surface area contributed by atoms with E-state index in [0.29, 0.717) is 46.0 Å². The second-order valence-electron chi connectivity index (χ2n) is 10.9. The van der Waals surface area contributed by atoms with Crippen molar-refractivity contribution in [3.05, 3.63) is 108 Å². The molecule has 2 heterocycles. The largest absolute Gasteiger partial charge is 0.379 e. The lowest BCUT2D eigenvalue weighted by Crippen LogP contribution is -2.52. The molecule has 42 heavy (non-hydrogen) atoms. The number of para-hydroxylation sites is 1. The third-order valence-corrected chi connectivity index (χ3v) is 7.71. The van der Waals surface area contributed by atoms with Gasteiger partial charge < -0.3 is 34.4 Å². The summed E-state index contributed by atoms with van der Waals surface area (Å²) in [5.41, 5.74) is 10.2. The minimum Gasteiger partial charge on any atom is -0.379 e. The number of nitrogens with two attached hydrogens (primary N) is 1. The first kappa shape index (κ1) is 30.4. The maximum absolute atomic E-state index is 6.60. The maximum Gasteiger partial charge on any atom is 0.184 e. The molecule has 0 aliphatic carbocycles. The first-order valence-corrected chi connectivity index (χ1v) is 15.2. The second kappa shape index (κ2) is 16.6. The van der Waals surface area contributed by atoms with Crippen LogP contribution in [0.4, 0.5) is 0 Å². The van der Waals surface area contributed by atoms with Crippen molar-refractivity contribution >= 4 is 10.9 Å². The first-order chi connectivity index (χ1) is 20.8. The molecule has 0 amide bonds. The van der Waals surface area contributed by atoms with Gasteiger partial charge in [-0.25, -0.2) is 0 Å². The van der Waals surface area contributed by atoms with Gasteiger partial charge in [0.2, 0.25) is 0 Å². The van der Waals surface area contributed by atoms with E-state index >= 15 is 0 Å². The second-order valence-corrected chi connectivity index (χ2v) is 10.9. The highest BCUT2D eigenvalue weighted by Crippen LogP contribution is 2.29. The minimum absolute atomic E-state index is 0.191. The molecule has 0 saturated carbocycles. The molecular formula is C35H44N2O5. The fraction of sp³-hybridized carbons (Fsp3) is 0.429. The van der Waals surface area contributed by atoms with Gasteiger partial charge in [0.25, 0.3) is 0 Å². The summed E-state index contributed by atoms with van der Waals surface area (Å²) in [5, 5.41) is 1.22. The first-order valence-electron chi connectivity index (χ1n) is 15.2. The molecule has 5 rings (SSSR count). The molecule has 4 aromatic rings. The van der Waals surface area contributed by atoms with Crippen LogP contribution in [0.25, 0.3) is 10.9 Å². The summed E-state index contributed by atoms with van der Waals surface area (Å²) >= 11 is 0. The predicted octanol–water partition coefficient (Wildman–Crippen LogP) is 6.16. The number of rotatable bonds is 17. The summed E-state index contributed by atoms with van der Waals surface area (Å²) < 4.78 is 32.0. The molecular weight excluding hydrogens is 528 g/mol. The van der Waals surface area contributed by atoms with Crippen molar-refractivity contribution < 1.29 is 23.7 Å². The normalized spacial score (nSPS) is 20.7. The fourth-order valence-corrected chi connectivity index (χ4v) is 5.36. The van der Waals surface area contributed by atoms with Crippen molar-refractivity contribution in [2.24, 2.45) is 5.73 Å². The Kier molecular flexibility index (Phi) is 12.0. The van der Waals surface area contributed by atoms with Crippen LogP contribution in [0.15, 0.2) is 91.1 Å². The number of fused-ring (bicyclic) bond motifs is 1. The van der Waals surface area contributed by atoms with Crippen LogP contribution in [0.2, 0.25) is 0 Å². The average Bonchev–Trinajstić information content (AvgIpc) is 3.45. The maximum atomic E-state index is 6.60. The van der Waals surface area contributed by atoms with E-state index in [0.717, 1.165) is 42.3 Å². The number of benzene rings is 3. The predicted molar refractivity (Wildman–Crippen MR) is 165 cm³/mol. The lowest BCUT2D eigenvalue weighted by atomic mass is 10.0. The fourth-order valence-electron chi connectivity index (χ4n) is 5.36. The van der Waals surface area contributed by atoms with Crippen molar-refractivity contribution in [3.63, 3.8) is 0 Å². The van der Waals surface area contributed by atoms with Crippen molar-refractivity contribution in [2.45, 2.75) is 69.9 Å². The number of nitrogens with one attached hydrogen (secondary N) is 1. The van der Waals surface area contributed by atoms with Crippen LogP contribution in [0, 0.1) is 0 Å². The standard InChI is InChI=1S/C35H44N2O5/c36-19-10-3-11-20-38-26-34-32(40-24-27-12-4-1-5-13-27)22-33(41-25-28-14-6-2-7-15-28)35(42-34)39-21-18-29-23-37-31-17-9-8-16-30(29)31/h1-2,4-9,12-17,23,32-35,37H,3,10-11,18-22,24-26,36H2/t32-,33-,34-,35-/m1/s1. The topological polar surface area (TPSA) is 88.0 Å². The molecule has 3 N–H and O–H groups in total. The quantitative estimate of drug-likeness (QED) is 0.147. The van der Waals surface area contributed by atoms with Gasteiger partial charge in [0.1, 0.15) is 12.2 Å². The zero-order valence-corrected chi connectivity index (χ0v) is 24.4. The van der Waals surface area contributed by atoms with E-state index in [1.807, 2.05) is 42.5 Å². The van der Waals surface area contributed by atoms with Gasteiger partial charge in [0, 0.05) is 30.1 Å². The summed E-state index contributed by atoms with van der Waals surface area (Å²) in [6, 6.07) is 28.8. The SMILES string of the molecule is NCCCCCOC[C@H]1O[C@@H](OCCc2c[nH]c3ccccc23)[C@H](OCc2ccccc2)C[C@H]1OCc1ccccc1. The highest BCUT2D eigenvalue weighted by atomic mass is 16.7. The van der Waals surface area contributed by atoms with E-state index in [2.05, 4.69) is 53.6 Å². The Bertz CT molecular complexity index is 1300. The lowest BCUT2D eigenvalue weighted by Gasteiger charge is -2.41. The summed E-state index contributed by atoms with van der Waals surface area (Å²) in [6.45, 7) is 3.31. The van der Waals surface area contributed by atoms with Crippen LogP contribution in [-0.2, 0) is 43.3 Å². The Hall–Kier alpha value is -3.04. The Balaban J connectivity index is 1.25. The van der Waals surface area contributed by atoms with Gasteiger partial charge in [0.05, 0.1) is 32.5 Å². The molecule has 1 aliphatic rings. The number of hydrogen-bond acceptors (Lipinski definition) is 6. The molecule has 1 saturated heterocycles. The van der Waals surface area contributed by atoms with Crippen molar-refractivity contribution in [1.82, 2.24) is 4.98 Å². The number of aromatic amines is 1. The molecule has 1 fully saturated rings. The van der Waals surface area contributed by atoms with Gasteiger partial charge >= 0.3 is 0 Å². The van der Waals surface area contributed by atoms with E-state index in [-0.39, 0.29) is 18.3 Å². The molecule has 0 bridgehead atoms. The number of aromatic nitrogens is 1. The van der Waals surface area contributed by atoms with Crippen LogP contribution in [0.3, 0.4) is 0 Å². The van der Waals surface area contributed by atoms with Gasteiger partial charge in [-0.05, 0) is 55.0 Å². The molecule has 4 atom stereocenters. The monoisotopic (exact) mass is 572 g/mol. The molecule has 7 heteroatoms. The van der Waals surface area contributed by atoms with E-state index in [1.165, 1.54) is 10.9 Å². The zero-order valence-electron chi connectivity index (χ0n) is 24.4. The van der Waals surface area contributed by atoms with E-state index in [1.54, 1.807) is 0 Å². The van der Waals surface area contributed by atoms with Crippen LogP contribution < -0.4 is 5.73 Å². The Morgan fingerprint density at radius 3 is 2.17 bits per heavy atom. The molecule has 3 aromatic carbocycles. The third kappa shape index (κ3) is 8.98. The van der Waals surface area contributed by atoms with E-state index < -0.39 is 6.29 Å². The summed E-state index contributed by atoms with van der Waals surface area (Å²) in [4.78, 5) is 3.35. The van der Waals surface area contributed by atoms with Gasteiger partial charge in [-0.15, -0.1) is 0 Å². The Morgan fingerprint density at radius 2 is 1.43 bits per heavy atom. The molecule has 1 aromatic heterocycles. The van der Waals surface area contributed by atoms with Gasteiger partial charge in [-0.1, -0.05) is 78.9 Å². The van der Waals surface area contributed by atoms with E-state index in [4.69, 9.17) is 29.4 Å². The highest BCUT2D eigenvalue weighted by Gasteiger charge is 2.40. The van der Waals surface area contributed by atoms with Gasteiger partial charge in [-0.2, -0.15) is 0 Å². The zero-order chi connectivity index (χ0) is 28.8. The molecule has 7 nitrogen and oxygen atoms in total. The number of ether oxygens (including phenoxy) is 5. The minimum atomic E-state index is -0.527. The highest BCUT2D eigenvalue weighted by molar-refractivity contribution is 5.83. The molecule has 0 unspecified atom stereocenters.